The van der Waals surface area contributed by atoms with E-state index in [4.69, 9.17) is 0 Å². The Kier molecular flexibility index (Phi) is 4.25. The van der Waals surface area contributed by atoms with Crippen LogP contribution in [-0.2, 0) is 0 Å². The zero-order chi connectivity index (χ0) is 12.6. The van der Waals surface area contributed by atoms with Gasteiger partial charge in [0, 0.05) is 18.9 Å². The molecule has 90 valence electrons. The number of hydrogen-bond acceptors (Lipinski definition) is 3. The van der Waals surface area contributed by atoms with Gasteiger partial charge >= 0.3 is 0 Å². The minimum Gasteiger partial charge on any atom is -0.350 e. The molecule has 0 amide bonds. The van der Waals surface area contributed by atoms with Crippen LogP contribution in [-0.4, -0.2) is 11.4 Å². The Bertz CT molecular complexity index is 497. The van der Waals surface area contributed by atoms with E-state index in [-0.39, 0.29) is 0 Å². The van der Waals surface area contributed by atoms with Gasteiger partial charge in [-0.2, -0.15) is 0 Å². The molecule has 1 aliphatic heterocycles. The Morgan fingerprint density at radius 3 is 2.50 bits per heavy atom. The molecule has 1 aromatic rings. The molecule has 18 heavy (non-hydrogen) atoms. The minimum atomic E-state index is 0.795. The van der Waals surface area contributed by atoms with Crippen molar-refractivity contribution in [1.29, 1.82) is 0 Å². The zero-order valence-corrected chi connectivity index (χ0v) is 9.94. The van der Waals surface area contributed by atoms with Gasteiger partial charge < -0.3 is 4.90 Å². The molecule has 0 unspecified atom stereocenters. The summed E-state index contributed by atoms with van der Waals surface area (Å²) >= 11 is 0. The third kappa shape index (κ3) is 3.56. The number of rotatable bonds is 4. The Labute approximate surface area is 106 Å². The van der Waals surface area contributed by atoms with Crippen molar-refractivity contribution >= 4 is 6.08 Å². The minimum absolute atomic E-state index is 0.795. The normalized spacial score (nSPS) is 14.2. The highest BCUT2D eigenvalue weighted by Gasteiger charge is 1.98. The molecule has 0 atom stereocenters. The summed E-state index contributed by atoms with van der Waals surface area (Å²) in [6, 6.07) is 10.2. The first-order chi connectivity index (χ1) is 8.88. The highest BCUT2D eigenvalue weighted by atomic mass is 16.2. The van der Waals surface area contributed by atoms with E-state index in [0.717, 1.165) is 12.1 Å². The van der Waals surface area contributed by atoms with Crippen molar-refractivity contribution in [2.24, 2.45) is 5.18 Å². The Morgan fingerprint density at radius 2 is 1.83 bits per heavy atom. The maximum absolute atomic E-state index is 10.1. The summed E-state index contributed by atoms with van der Waals surface area (Å²) in [6.45, 7) is 0.795. The van der Waals surface area contributed by atoms with Crippen LogP contribution in [0.4, 0.5) is 0 Å². The molecular weight excluding hydrogens is 224 g/mol. The van der Waals surface area contributed by atoms with Crippen LogP contribution in [0.25, 0.3) is 6.08 Å². The smallest absolute Gasteiger partial charge is 0.0788 e. The maximum atomic E-state index is 10.1. The topological polar surface area (TPSA) is 32.7 Å². The van der Waals surface area contributed by atoms with Gasteiger partial charge in [0.05, 0.1) is 6.20 Å². The molecule has 0 aliphatic carbocycles. The third-order valence-electron chi connectivity index (χ3n) is 2.54. The lowest BCUT2D eigenvalue weighted by atomic mass is 10.2. The number of hydrogen-bond donors (Lipinski definition) is 0. The lowest BCUT2D eigenvalue weighted by Gasteiger charge is -2.16. The fourth-order valence-corrected chi connectivity index (χ4v) is 1.61. The fourth-order valence-electron chi connectivity index (χ4n) is 1.61. The first-order valence-corrected chi connectivity index (χ1v) is 5.75. The van der Waals surface area contributed by atoms with Gasteiger partial charge in [-0.15, -0.1) is 4.91 Å². The molecule has 0 fully saturated rings. The van der Waals surface area contributed by atoms with E-state index in [2.05, 4.69) is 29.5 Å². The predicted octanol–water partition coefficient (Wildman–Crippen LogP) is 3.69. The van der Waals surface area contributed by atoms with Crippen LogP contribution in [0.2, 0.25) is 0 Å². The zero-order valence-electron chi connectivity index (χ0n) is 9.94. The van der Waals surface area contributed by atoms with Crippen molar-refractivity contribution in [3.63, 3.8) is 0 Å². The average molecular weight is 238 g/mol. The van der Waals surface area contributed by atoms with E-state index >= 15 is 0 Å². The van der Waals surface area contributed by atoms with Crippen LogP contribution in [0.3, 0.4) is 0 Å². The summed E-state index contributed by atoms with van der Waals surface area (Å²) in [5, 5.41) is 2.74. The number of benzene rings is 1. The summed E-state index contributed by atoms with van der Waals surface area (Å²) in [7, 11) is 0. The summed E-state index contributed by atoms with van der Waals surface area (Å²) in [4.78, 5) is 12.1. The molecule has 3 nitrogen and oxygen atoms in total. The molecule has 0 radical (unpaired) electrons. The molecule has 1 heterocycles. The quantitative estimate of drug-likeness (QED) is 0.749. The highest BCUT2D eigenvalue weighted by molar-refractivity contribution is 5.49. The lowest BCUT2D eigenvalue weighted by Crippen LogP contribution is -2.11. The SMILES string of the molecule is O=NC=C1C=CN(CC=Cc2ccccc2)C=C1. The monoisotopic (exact) mass is 238 g/mol. The second-order valence-electron chi connectivity index (χ2n) is 3.88. The predicted molar refractivity (Wildman–Crippen MR) is 74.3 cm³/mol. The second kappa shape index (κ2) is 6.35. The average Bonchev–Trinajstić information content (AvgIpc) is 2.42. The van der Waals surface area contributed by atoms with Gasteiger partial charge in [-0.25, -0.2) is 0 Å². The molecule has 1 aromatic carbocycles. The van der Waals surface area contributed by atoms with Crippen LogP contribution >= 0.6 is 0 Å². The van der Waals surface area contributed by atoms with Crippen molar-refractivity contribution in [2.45, 2.75) is 0 Å². The number of allylic oxidation sites excluding steroid dienone is 3. The van der Waals surface area contributed by atoms with E-state index in [0.29, 0.717) is 0 Å². The van der Waals surface area contributed by atoms with Crippen LogP contribution in [0, 0.1) is 4.91 Å². The number of nitroso groups, excluding NO2 is 1. The second-order valence-corrected chi connectivity index (χ2v) is 3.88. The first-order valence-electron chi connectivity index (χ1n) is 5.75. The lowest BCUT2D eigenvalue weighted by molar-refractivity contribution is 0.562. The van der Waals surface area contributed by atoms with Gasteiger partial charge in [-0.05, 0) is 28.5 Å². The maximum Gasteiger partial charge on any atom is 0.0788 e. The van der Waals surface area contributed by atoms with E-state index in [1.165, 1.54) is 11.8 Å². The first kappa shape index (κ1) is 12.0. The van der Waals surface area contributed by atoms with E-state index < -0.39 is 0 Å². The van der Waals surface area contributed by atoms with Crippen molar-refractivity contribution in [3.05, 3.63) is 83.2 Å². The van der Waals surface area contributed by atoms with E-state index in [9.17, 15) is 4.91 Å². The van der Waals surface area contributed by atoms with Gasteiger partial charge in [0.25, 0.3) is 0 Å². The van der Waals surface area contributed by atoms with Crippen molar-refractivity contribution in [2.75, 3.05) is 6.54 Å². The Morgan fingerprint density at radius 1 is 1.11 bits per heavy atom. The molecule has 2 rings (SSSR count). The molecule has 0 bridgehead atoms. The molecule has 0 saturated carbocycles. The van der Waals surface area contributed by atoms with Crippen LogP contribution in [0.15, 0.2) is 77.9 Å². The van der Waals surface area contributed by atoms with Crippen LogP contribution in [0.1, 0.15) is 5.56 Å². The molecule has 0 saturated heterocycles. The van der Waals surface area contributed by atoms with Gasteiger partial charge in [0.2, 0.25) is 0 Å². The summed E-state index contributed by atoms with van der Waals surface area (Å²) in [5.41, 5.74) is 2.00. The van der Waals surface area contributed by atoms with Crippen molar-refractivity contribution in [1.82, 2.24) is 4.90 Å². The van der Waals surface area contributed by atoms with Gasteiger partial charge in [0.15, 0.2) is 0 Å². The van der Waals surface area contributed by atoms with E-state index in [1.54, 1.807) is 0 Å². The molecule has 0 spiro atoms. The van der Waals surface area contributed by atoms with Gasteiger partial charge in [0.1, 0.15) is 0 Å². The summed E-state index contributed by atoms with van der Waals surface area (Å²) in [6.07, 6.45) is 13.0. The van der Waals surface area contributed by atoms with Crippen LogP contribution < -0.4 is 0 Å². The Balaban J connectivity index is 1.88. The molecular formula is C15H14N2O. The van der Waals surface area contributed by atoms with E-state index in [1.807, 2.05) is 47.7 Å². The summed E-state index contributed by atoms with van der Waals surface area (Å²) in [5.74, 6) is 0. The largest absolute Gasteiger partial charge is 0.350 e. The fraction of sp³-hybridized carbons (Fsp3) is 0.0667. The van der Waals surface area contributed by atoms with Crippen molar-refractivity contribution in [3.8, 4) is 0 Å². The van der Waals surface area contributed by atoms with Crippen LogP contribution in [0.5, 0.6) is 0 Å². The molecule has 1 aliphatic rings. The molecule has 0 aromatic heterocycles. The van der Waals surface area contributed by atoms with Gasteiger partial charge in [-0.3, -0.25) is 0 Å². The number of nitrogens with zero attached hydrogens (tertiary/aromatic N) is 2. The molecule has 3 heteroatoms. The highest BCUT2D eigenvalue weighted by Crippen LogP contribution is 2.09. The standard InChI is InChI=1S/C15H14N2O/c18-16-13-15-8-11-17(12-9-15)10-4-7-14-5-2-1-3-6-14/h1-9,11-13H,10H2. The van der Waals surface area contributed by atoms with Crippen molar-refractivity contribution < 1.29 is 0 Å². The van der Waals surface area contributed by atoms with Gasteiger partial charge in [-0.1, -0.05) is 42.5 Å². The third-order valence-corrected chi connectivity index (χ3v) is 2.54. The summed E-state index contributed by atoms with van der Waals surface area (Å²) < 4.78 is 0. The Hall–Kier alpha value is -2.42. The molecule has 0 N–H and O–H groups in total.